The zero-order valence-corrected chi connectivity index (χ0v) is 30.8. The van der Waals surface area contributed by atoms with E-state index in [0.717, 1.165) is 74.3 Å². The van der Waals surface area contributed by atoms with Crippen LogP contribution in [0.3, 0.4) is 0 Å². The van der Waals surface area contributed by atoms with Gasteiger partial charge in [0.25, 0.3) is 0 Å². The summed E-state index contributed by atoms with van der Waals surface area (Å²) in [6.07, 6.45) is 10.5. The van der Waals surface area contributed by atoms with E-state index in [4.69, 9.17) is 15.2 Å². The molecule has 2 heterocycles. The van der Waals surface area contributed by atoms with Crippen LogP contribution in [0.1, 0.15) is 119 Å². The molecule has 0 radical (unpaired) electrons. The lowest BCUT2D eigenvalue weighted by atomic mass is 9.35. The van der Waals surface area contributed by atoms with Gasteiger partial charge in [-0.25, -0.2) is 0 Å². The number of carbonyl (C=O) groups is 1. The third-order valence-electron chi connectivity index (χ3n) is 15.9. The number of aromatic amines is 1. The molecule has 1 aromatic heterocycles. The SMILES string of the molecule is CC(C)(O)[C@H]1CC[C@@](C)([C@H]2CC[C@]3(C)[C@@H]2[C@H](O)C[C@@H]2[C@@]4(C)CC[C@H](OC(=O)[C@@H](N)Cc5c[nH]c6ccccc56)C(C)(C)[C@@H]4CC[C@]23C)O1. The second-order valence-corrected chi connectivity index (χ2v) is 19.0. The second kappa shape index (κ2) is 11.3. The average molecular weight is 663 g/mol. The van der Waals surface area contributed by atoms with Crippen molar-refractivity contribution in [3.8, 4) is 0 Å². The van der Waals surface area contributed by atoms with E-state index >= 15 is 0 Å². The minimum absolute atomic E-state index is 0.00972. The number of esters is 1. The topological polar surface area (TPSA) is 118 Å². The maximum atomic E-state index is 13.5. The molecule has 2 aromatic rings. The van der Waals surface area contributed by atoms with E-state index in [-0.39, 0.29) is 63.4 Å². The quantitative estimate of drug-likeness (QED) is 0.241. The van der Waals surface area contributed by atoms with Crippen LogP contribution in [0.5, 0.6) is 0 Å². The summed E-state index contributed by atoms with van der Waals surface area (Å²) in [6, 6.07) is 7.39. The van der Waals surface area contributed by atoms with E-state index in [0.29, 0.717) is 18.3 Å². The van der Waals surface area contributed by atoms with Gasteiger partial charge in [-0.2, -0.15) is 0 Å². The summed E-state index contributed by atoms with van der Waals surface area (Å²) in [5.74, 6) is 0.937. The number of rotatable bonds is 6. The number of aliphatic hydroxyl groups excluding tert-OH is 1. The van der Waals surface area contributed by atoms with E-state index in [2.05, 4.69) is 52.6 Å². The second-order valence-electron chi connectivity index (χ2n) is 19.0. The number of benzene rings is 1. The largest absolute Gasteiger partial charge is 0.461 e. The third kappa shape index (κ3) is 4.98. The number of aromatic nitrogens is 1. The Hall–Kier alpha value is -1.93. The zero-order chi connectivity index (χ0) is 34.7. The van der Waals surface area contributed by atoms with E-state index < -0.39 is 11.6 Å². The van der Waals surface area contributed by atoms with Crippen molar-refractivity contribution in [3.05, 3.63) is 36.0 Å². The van der Waals surface area contributed by atoms with Crippen molar-refractivity contribution < 1.29 is 24.5 Å². The molecule has 266 valence electrons. The highest BCUT2D eigenvalue weighted by atomic mass is 16.5. The third-order valence-corrected chi connectivity index (χ3v) is 15.9. The van der Waals surface area contributed by atoms with Crippen LogP contribution >= 0.6 is 0 Å². The Bertz CT molecular complexity index is 1540. The number of ether oxygens (including phenoxy) is 2. The van der Waals surface area contributed by atoms with Gasteiger partial charge >= 0.3 is 5.97 Å². The van der Waals surface area contributed by atoms with Crippen molar-refractivity contribution in [2.75, 3.05) is 0 Å². The number of nitrogens with one attached hydrogen (secondary N) is 1. The molecule has 7 rings (SSSR count). The summed E-state index contributed by atoms with van der Waals surface area (Å²) >= 11 is 0. The molecule has 1 aliphatic heterocycles. The summed E-state index contributed by atoms with van der Waals surface area (Å²) in [7, 11) is 0. The van der Waals surface area contributed by atoms with Gasteiger partial charge in [-0.3, -0.25) is 4.79 Å². The lowest BCUT2D eigenvalue weighted by molar-refractivity contribution is -0.251. The van der Waals surface area contributed by atoms with Gasteiger partial charge in [-0.15, -0.1) is 0 Å². The molecule has 5 fully saturated rings. The first-order valence-corrected chi connectivity index (χ1v) is 18.9. The summed E-state index contributed by atoms with van der Waals surface area (Å²) in [5.41, 5.74) is 7.35. The van der Waals surface area contributed by atoms with Gasteiger partial charge in [-0.1, -0.05) is 52.8 Å². The summed E-state index contributed by atoms with van der Waals surface area (Å²) in [5, 5.41) is 24.1. The molecule has 7 heteroatoms. The summed E-state index contributed by atoms with van der Waals surface area (Å²) < 4.78 is 13.1. The standard InChI is InChI=1S/C41H62N2O5/c1-36(2)30-14-19-39(6)31(22-29(44)34-26(13-18-40(34,39)7)41(8)20-16-33(48-41)37(3,4)46)38(30,5)17-15-32(36)47-35(45)27(42)21-24-23-43-28-12-10-9-11-25(24)28/h9-12,23,26-27,29-34,43-44,46H,13-22,42H2,1-8H3/t26-,27-,29+,30-,31+,32-,33+,34-,38-,39+,40+,41-/m0/s1. The predicted octanol–water partition coefficient (Wildman–Crippen LogP) is 7.31. The van der Waals surface area contributed by atoms with Crippen molar-refractivity contribution in [2.45, 2.75) is 155 Å². The first-order valence-electron chi connectivity index (χ1n) is 18.9. The fourth-order valence-corrected chi connectivity index (χ4v) is 13.1. The molecule has 12 atom stereocenters. The minimum Gasteiger partial charge on any atom is -0.461 e. The number of hydrogen-bond acceptors (Lipinski definition) is 6. The molecule has 0 bridgehead atoms. The van der Waals surface area contributed by atoms with Crippen molar-refractivity contribution in [1.29, 1.82) is 0 Å². The molecule has 0 unspecified atom stereocenters. The fraction of sp³-hybridized carbons (Fsp3) is 0.780. The monoisotopic (exact) mass is 662 g/mol. The summed E-state index contributed by atoms with van der Waals surface area (Å²) in [6.45, 7) is 18.2. The lowest BCUT2D eigenvalue weighted by Crippen LogP contribution is -2.67. The Balaban J connectivity index is 1.08. The van der Waals surface area contributed by atoms with E-state index in [9.17, 15) is 15.0 Å². The maximum Gasteiger partial charge on any atom is 0.323 e. The Labute approximate surface area is 288 Å². The molecule has 4 saturated carbocycles. The predicted molar refractivity (Wildman–Crippen MR) is 189 cm³/mol. The van der Waals surface area contributed by atoms with E-state index in [1.165, 1.54) is 0 Å². The van der Waals surface area contributed by atoms with Crippen LogP contribution in [-0.4, -0.2) is 56.7 Å². The minimum atomic E-state index is -0.864. The highest BCUT2D eigenvalue weighted by Gasteiger charge is 2.72. The number of para-hydroxylation sites is 1. The number of hydrogen-bond donors (Lipinski definition) is 4. The molecule has 0 amide bonds. The van der Waals surface area contributed by atoms with Crippen LogP contribution in [0.15, 0.2) is 30.5 Å². The molecule has 5 aliphatic rings. The molecular weight excluding hydrogens is 600 g/mol. The number of carbonyl (C=O) groups excluding carboxylic acids is 1. The zero-order valence-electron chi connectivity index (χ0n) is 30.8. The highest BCUT2D eigenvalue weighted by molar-refractivity contribution is 5.84. The fourth-order valence-electron chi connectivity index (χ4n) is 13.1. The Morgan fingerprint density at radius 1 is 1.00 bits per heavy atom. The Morgan fingerprint density at radius 3 is 2.42 bits per heavy atom. The highest BCUT2D eigenvalue weighted by Crippen LogP contribution is 2.76. The Kier molecular flexibility index (Phi) is 8.12. The van der Waals surface area contributed by atoms with Crippen LogP contribution in [0.2, 0.25) is 0 Å². The normalized spacial score (nSPS) is 44.5. The van der Waals surface area contributed by atoms with Crippen molar-refractivity contribution in [2.24, 2.45) is 51.1 Å². The molecule has 0 spiro atoms. The molecular formula is C41H62N2O5. The molecule has 5 N–H and O–H groups in total. The van der Waals surface area contributed by atoms with Gasteiger partial charge in [0.2, 0.25) is 0 Å². The van der Waals surface area contributed by atoms with Crippen LogP contribution in [0, 0.1) is 45.3 Å². The maximum absolute atomic E-state index is 13.5. The summed E-state index contributed by atoms with van der Waals surface area (Å²) in [4.78, 5) is 16.8. The Morgan fingerprint density at radius 2 is 1.71 bits per heavy atom. The molecule has 1 aromatic carbocycles. The first-order chi connectivity index (χ1) is 22.3. The van der Waals surface area contributed by atoms with Crippen LogP contribution in [0.25, 0.3) is 10.9 Å². The first kappa shape index (κ1) is 34.5. The molecule has 4 aliphatic carbocycles. The van der Waals surface area contributed by atoms with Crippen molar-refractivity contribution in [3.63, 3.8) is 0 Å². The number of fused-ring (bicyclic) bond motifs is 6. The molecule has 48 heavy (non-hydrogen) atoms. The average Bonchev–Trinajstić information content (AvgIpc) is 3.72. The number of H-pyrrole nitrogens is 1. The lowest BCUT2D eigenvalue weighted by Gasteiger charge is -2.70. The molecule has 1 saturated heterocycles. The van der Waals surface area contributed by atoms with Crippen LogP contribution in [0.4, 0.5) is 0 Å². The number of nitrogens with two attached hydrogens (primary N) is 1. The van der Waals surface area contributed by atoms with Gasteiger partial charge < -0.3 is 30.4 Å². The van der Waals surface area contributed by atoms with Crippen molar-refractivity contribution in [1.82, 2.24) is 4.98 Å². The van der Waals surface area contributed by atoms with Gasteiger partial charge in [0.1, 0.15) is 12.1 Å². The van der Waals surface area contributed by atoms with Crippen LogP contribution in [-0.2, 0) is 20.7 Å². The number of aliphatic hydroxyl groups is 2. The smallest absolute Gasteiger partial charge is 0.323 e. The van der Waals surface area contributed by atoms with Gasteiger partial charge in [0.15, 0.2) is 0 Å². The van der Waals surface area contributed by atoms with Gasteiger partial charge in [0.05, 0.1) is 23.4 Å². The van der Waals surface area contributed by atoms with Crippen molar-refractivity contribution >= 4 is 16.9 Å². The van der Waals surface area contributed by atoms with Gasteiger partial charge in [-0.05, 0) is 130 Å². The van der Waals surface area contributed by atoms with Gasteiger partial charge in [0, 0.05) is 28.9 Å². The van der Waals surface area contributed by atoms with Crippen LogP contribution < -0.4 is 5.73 Å². The van der Waals surface area contributed by atoms with E-state index in [1.54, 1.807) is 0 Å². The van der Waals surface area contributed by atoms with E-state index in [1.807, 2.05) is 38.2 Å². The molecule has 7 nitrogen and oxygen atoms in total.